The lowest BCUT2D eigenvalue weighted by molar-refractivity contribution is 0.0693. The molecule has 1 N–H and O–H groups in total. The lowest BCUT2D eigenvalue weighted by atomic mass is 10.2. The van der Waals surface area contributed by atoms with Gasteiger partial charge in [-0.2, -0.15) is 0 Å². The lowest BCUT2D eigenvalue weighted by Crippen LogP contribution is -2.09. The molecule has 0 aliphatic carbocycles. The number of carbonyl (C=O) groups is 1. The summed E-state index contributed by atoms with van der Waals surface area (Å²) in [6.07, 6.45) is 0.789. The van der Waals surface area contributed by atoms with Gasteiger partial charge in [-0.3, -0.25) is 0 Å². The highest BCUT2D eigenvalue weighted by Gasteiger charge is 2.19. The Bertz CT molecular complexity index is 374. The fourth-order valence-electron chi connectivity index (χ4n) is 1.15. The third-order valence-corrected chi connectivity index (χ3v) is 1.77. The predicted molar refractivity (Wildman–Crippen MR) is 45.0 cm³/mol. The van der Waals surface area contributed by atoms with Crippen molar-refractivity contribution in [1.29, 1.82) is 0 Å². The Labute approximate surface area is 74.5 Å². The van der Waals surface area contributed by atoms with Crippen molar-refractivity contribution in [3.8, 4) is 0 Å². The molecule has 0 fully saturated rings. The largest absolute Gasteiger partial charge is 0.477 e. The molecule has 1 aromatic heterocycles. The Morgan fingerprint density at radius 1 is 1.62 bits per heavy atom. The molecule has 0 saturated carbocycles. The Kier molecular flexibility index (Phi) is 2.55. The van der Waals surface area contributed by atoms with E-state index in [1.807, 2.05) is 6.92 Å². The van der Waals surface area contributed by atoms with Crippen LogP contribution < -0.4 is 5.63 Å². The summed E-state index contributed by atoms with van der Waals surface area (Å²) in [7, 11) is 0. The first kappa shape index (κ1) is 9.57. The zero-order chi connectivity index (χ0) is 10.0. The van der Waals surface area contributed by atoms with Crippen LogP contribution in [0.4, 0.5) is 0 Å². The topological polar surface area (TPSA) is 72.4 Å². The molecule has 72 valence electrons. The van der Waals surface area contributed by atoms with Gasteiger partial charge in [0.1, 0.15) is 0 Å². The van der Waals surface area contributed by atoms with Gasteiger partial charge in [0.25, 0.3) is 0 Å². The third-order valence-electron chi connectivity index (χ3n) is 1.77. The molecular weight excluding hydrogens is 174 g/mol. The molecule has 0 spiro atoms. The Balaban J connectivity index is 3.22. The maximum absolute atomic E-state index is 11.0. The second-order valence-corrected chi connectivity index (χ2v) is 2.75. The number of carboxylic acids is 1. The fourth-order valence-corrected chi connectivity index (χ4v) is 1.15. The molecule has 5 heteroatoms. The normalized spacial score (nSPS) is 10.3. The molecule has 0 aliphatic heterocycles. The van der Waals surface area contributed by atoms with Gasteiger partial charge in [0, 0.05) is 0 Å². The van der Waals surface area contributed by atoms with Gasteiger partial charge in [-0.25, -0.2) is 14.3 Å². The highest BCUT2D eigenvalue weighted by Crippen LogP contribution is 2.04. The van der Waals surface area contributed by atoms with Crippen LogP contribution in [0.15, 0.2) is 9.32 Å². The van der Waals surface area contributed by atoms with Crippen LogP contribution in [0.25, 0.3) is 0 Å². The van der Waals surface area contributed by atoms with E-state index in [1.165, 1.54) is 4.74 Å². The van der Waals surface area contributed by atoms with E-state index in [9.17, 15) is 9.59 Å². The van der Waals surface area contributed by atoms with Crippen molar-refractivity contribution < 1.29 is 14.4 Å². The maximum atomic E-state index is 11.0. The van der Waals surface area contributed by atoms with Gasteiger partial charge >= 0.3 is 11.6 Å². The quantitative estimate of drug-likeness (QED) is 0.757. The van der Waals surface area contributed by atoms with E-state index in [-0.39, 0.29) is 5.56 Å². The van der Waals surface area contributed by atoms with Crippen molar-refractivity contribution in [2.75, 3.05) is 0 Å². The van der Waals surface area contributed by atoms with Crippen LogP contribution in [0.3, 0.4) is 0 Å². The van der Waals surface area contributed by atoms with E-state index in [0.29, 0.717) is 12.2 Å². The zero-order valence-electron chi connectivity index (χ0n) is 7.53. The monoisotopic (exact) mass is 185 g/mol. The number of nitrogens with zero attached hydrogens (tertiary/aromatic N) is 1. The molecule has 1 heterocycles. The van der Waals surface area contributed by atoms with Gasteiger partial charge in [0.2, 0.25) is 0 Å². The standard InChI is InChI=1S/C8H11NO4/c1-3-4-9-5(2)6(7(10)11)8(12)13-9/h3-4H2,1-2H3,(H,10,11). The van der Waals surface area contributed by atoms with Crippen molar-refractivity contribution in [2.24, 2.45) is 0 Å². The highest BCUT2D eigenvalue weighted by atomic mass is 16.5. The molecular formula is C8H11NO4. The molecule has 13 heavy (non-hydrogen) atoms. The summed E-state index contributed by atoms with van der Waals surface area (Å²) < 4.78 is 6.04. The van der Waals surface area contributed by atoms with Crippen LogP contribution in [0.2, 0.25) is 0 Å². The molecule has 0 unspecified atom stereocenters. The first-order valence-electron chi connectivity index (χ1n) is 4.02. The zero-order valence-corrected chi connectivity index (χ0v) is 7.53. The van der Waals surface area contributed by atoms with E-state index in [4.69, 9.17) is 9.63 Å². The second kappa shape index (κ2) is 3.47. The van der Waals surface area contributed by atoms with Crippen molar-refractivity contribution in [3.63, 3.8) is 0 Å². The SMILES string of the molecule is CCCn1oc(=O)c(C(=O)O)c1C. The molecule has 0 bridgehead atoms. The average molecular weight is 185 g/mol. The Morgan fingerprint density at radius 3 is 2.62 bits per heavy atom. The Morgan fingerprint density at radius 2 is 2.23 bits per heavy atom. The third kappa shape index (κ3) is 1.63. The van der Waals surface area contributed by atoms with Crippen LogP contribution >= 0.6 is 0 Å². The summed E-state index contributed by atoms with van der Waals surface area (Å²) in [6, 6.07) is 0. The van der Waals surface area contributed by atoms with E-state index < -0.39 is 11.6 Å². The number of hydrogen-bond acceptors (Lipinski definition) is 3. The minimum absolute atomic E-state index is 0.270. The Hall–Kier alpha value is -1.52. The van der Waals surface area contributed by atoms with Crippen molar-refractivity contribution in [3.05, 3.63) is 21.7 Å². The molecule has 0 radical (unpaired) electrons. The van der Waals surface area contributed by atoms with Crippen molar-refractivity contribution in [2.45, 2.75) is 26.8 Å². The average Bonchev–Trinajstić information content (AvgIpc) is 2.28. The van der Waals surface area contributed by atoms with Crippen LogP contribution in [0.5, 0.6) is 0 Å². The van der Waals surface area contributed by atoms with Gasteiger partial charge in [0.15, 0.2) is 5.56 Å². The summed E-state index contributed by atoms with van der Waals surface area (Å²) in [4.78, 5) is 21.6. The predicted octanol–water partition coefficient (Wildman–Crippen LogP) is 0.858. The van der Waals surface area contributed by atoms with Crippen molar-refractivity contribution >= 4 is 5.97 Å². The van der Waals surface area contributed by atoms with E-state index in [1.54, 1.807) is 6.92 Å². The van der Waals surface area contributed by atoms with E-state index >= 15 is 0 Å². The molecule has 0 saturated heterocycles. The van der Waals surface area contributed by atoms with Crippen LogP contribution in [-0.4, -0.2) is 15.8 Å². The number of hydrogen-bond donors (Lipinski definition) is 1. The summed E-state index contributed by atoms with van der Waals surface area (Å²) in [5, 5.41) is 8.65. The fraction of sp³-hybridized carbons (Fsp3) is 0.500. The number of aromatic carboxylic acids is 1. The number of carboxylic acid groups (broad SMARTS) is 1. The molecule has 1 aromatic rings. The molecule has 1 rings (SSSR count). The highest BCUT2D eigenvalue weighted by molar-refractivity contribution is 5.88. The van der Waals surface area contributed by atoms with Gasteiger partial charge in [-0.1, -0.05) is 6.92 Å². The second-order valence-electron chi connectivity index (χ2n) is 2.75. The summed E-state index contributed by atoms with van der Waals surface area (Å²) in [5.74, 6) is -1.24. The minimum atomic E-state index is -1.24. The molecule has 0 amide bonds. The van der Waals surface area contributed by atoms with Gasteiger partial charge in [0.05, 0.1) is 12.2 Å². The van der Waals surface area contributed by atoms with Crippen LogP contribution in [0.1, 0.15) is 29.4 Å². The first-order valence-corrected chi connectivity index (χ1v) is 4.02. The van der Waals surface area contributed by atoms with E-state index in [0.717, 1.165) is 6.42 Å². The summed E-state index contributed by atoms with van der Waals surface area (Å²) in [6.45, 7) is 4.00. The number of aromatic nitrogens is 1. The van der Waals surface area contributed by atoms with Gasteiger partial charge in [-0.15, -0.1) is 0 Å². The molecule has 5 nitrogen and oxygen atoms in total. The van der Waals surface area contributed by atoms with Crippen LogP contribution in [-0.2, 0) is 6.54 Å². The number of aryl methyl sites for hydroxylation is 1. The van der Waals surface area contributed by atoms with Crippen LogP contribution in [0, 0.1) is 6.92 Å². The first-order chi connectivity index (χ1) is 6.07. The van der Waals surface area contributed by atoms with Gasteiger partial charge in [-0.05, 0) is 13.3 Å². The minimum Gasteiger partial charge on any atom is -0.477 e. The van der Waals surface area contributed by atoms with E-state index in [2.05, 4.69) is 0 Å². The molecule has 0 atom stereocenters. The van der Waals surface area contributed by atoms with Gasteiger partial charge < -0.3 is 9.63 Å². The summed E-state index contributed by atoms with van der Waals surface area (Å²) >= 11 is 0. The maximum Gasteiger partial charge on any atom is 0.372 e. The lowest BCUT2D eigenvalue weighted by Gasteiger charge is -1.98. The van der Waals surface area contributed by atoms with Crippen molar-refractivity contribution in [1.82, 2.24) is 4.74 Å². The summed E-state index contributed by atoms with van der Waals surface area (Å²) in [5.41, 5.74) is -0.675. The molecule has 0 aromatic carbocycles. The smallest absolute Gasteiger partial charge is 0.372 e. The number of rotatable bonds is 3. The molecule has 0 aliphatic rings.